The summed E-state index contributed by atoms with van der Waals surface area (Å²) >= 11 is 0. The summed E-state index contributed by atoms with van der Waals surface area (Å²) in [5, 5.41) is 3.32. The Kier molecular flexibility index (Phi) is 4.29. The van der Waals surface area contributed by atoms with Crippen molar-refractivity contribution in [2.24, 2.45) is 0 Å². The highest BCUT2D eigenvalue weighted by Gasteiger charge is 2.28. The molecule has 1 aromatic heterocycles. The fraction of sp³-hybridized carbons (Fsp3) is 0.238. The van der Waals surface area contributed by atoms with E-state index in [1.807, 2.05) is 19.1 Å². The third kappa shape index (κ3) is 3.25. The van der Waals surface area contributed by atoms with Crippen LogP contribution in [-0.4, -0.2) is 16.0 Å². The fourth-order valence-electron chi connectivity index (χ4n) is 3.42. The van der Waals surface area contributed by atoms with Crippen LogP contribution in [0.3, 0.4) is 0 Å². The number of nitrogens with zero attached hydrogens (tertiary/aromatic N) is 3. The first-order valence-electron chi connectivity index (χ1n) is 8.81. The lowest BCUT2D eigenvalue weighted by Crippen LogP contribution is -2.26. The SMILES string of the molecule is Cc1cc(NCc2ccc(F)cc2)nc(N2c3ccccc3CC2C)n1. The predicted molar refractivity (Wildman–Crippen MR) is 102 cm³/mol. The maximum absolute atomic E-state index is 13.0. The third-order valence-electron chi connectivity index (χ3n) is 4.65. The van der Waals surface area contributed by atoms with Crippen molar-refractivity contribution < 1.29 is 4.39 Å². The van der Waals surface area contributed by atoms with Gasteiger partial charge in [0.15, 0.2) is 0 Å². The molecule has 0 spiro atoms. The summed E-state index contributed by atoms with van der Waals surface area (Å²) in [5.41, 5.74) is 4.42. The molecule has 4 rings (SSSR count). The monoisotopic (exact) mass is 348 g/mol. The van der Waals surface area contributed by atoms with Gasteiger partial charge in [-0.15, -0.1) is 0 Å². The number of hydrogen-bond donors (Lipinski definition) is 1. The Morgan fingerprint density at radius 1 is 1.12 bits per heavy atom. The van der Waals surface area contributed by atoms with Gasteiger partial charge >= 0.3 is 0 Å². The summed E-state index contributed by atoms with van der Waals surface area (Å²) < 4.78 is 13.0. The van der Waals surface area contributed by atoms with Crippen LogP contribution in [0.25, 0.3) is 0 Å². The molecule has 3 aromatic rings. The summed E-state index contributed by atoms with van der Waals surface area (Å²) in [4.78, 5) is 11.6. The fourth-order valence-corrected chi connectivity index (χ4v) is 3.42. The van der Waals surface area contributed by atoms with Crippen molar-refractivity contribution in [3.8, 4) is 0 Å². The minimum atomic E-state index is -0.226. The van der Waals surface area contributed by atoms with Gasteiger partial charge in [0.25, 0.3) is 0 Å². The summed E-state index contributed by atoms with van der Waals surface area (Å²) in [6, 6.07) is 17.1. The highest BCUT2D eigenvalue weighted by molar-refractivity contribution is 5.67. The highest BCUT2D eigenvalue weighted by Crippen LogP contribution is 2.36. The second-order valence-electron chi connectivity index (χ2n) is 6.73. The number of hydrogen-bond acceptors (Lipinski definition) is 4. The zero-order chi connectivity index (χ0) is 18.1. The van der Waals surface area contributed by atoms with Crippen molar-refractivity contribution in [2.75, 3.05) is 10.2 Å². The van der Waals surface area contributed by atoms with Gasteiger partial charge < -0.3 is 10.2 Å². The van der Waals surface area contributed by atoms with E-state index in [2.05, 4.69) is 40.3 Å². The molecule has 0 amide bonds. The Morgan fingerprint density at radius 3 is 2.69 bits per heavy atom. The smallest absolute Gasteiger partial charge is 0.232 e. The van der Waals surface area contributed by atoms with Crippen LogP contribution in [-0.2, 0) is 13.0 Å². The van der Waals surface area contributed by atoms with Gasteiger partial charge in [-0.2, -0.15) is 4.98 Å². The number of aromatic nitrogens is 2. The van der Waals surface area contributed by atoms with Crippen molar-refractivity contribution >= 4 is 17.5 Å². The number of nitrogens with one attached hydrogen (secondary N) is 1. The second kappa shape index (κ2) is 6.75. The molecule has 5 heteroatoms. The van der Waals surface area contributed by atoms with Crippen LogP contribution in [0.4, 0.5) is 21.8 Å². The van der Waals surface area contributed by atoms with Gasteiger partial charge in [-0.1, -0.05) is 30.3 Å². The van der Waals surface area contributed by atoms with Crippen LogP contribution in [0.5, 0.6) is 0 Å². The quantitative estimate of drug-likeness (QED) is 0.747. The van der Waals surface area contributed by atoms with Crippen LogP contribution in [0.2, 0.25) is 0 Å². The number of benzene rings is 2. The van der Waals surface area contributed by atoms with E-state index >= 15 is 0 Å². The maximum Gasteiger partial charge on any atom is 0.232 e. The van der Waals surface area contributed by atoms with Gasteiger partial charge in [0.2, 0.25) is 5.95 Å². The van der Waals surface area contributed by atoms with Crippen LogP contribution in [0.1, 0.15) is 23.7 Å². The summed E-state index contributed by atoms with van der Waals surface area (Å²) in [7, 11) is 0. The molecule has 4 nitrogen and oxygen atoms in total. The van der Waals surface area contributed by atoms with Crippen LogP contribution < -0.4 is 10.2 Å². The molecule has 1 aliphatic rings. The molecular formula is C21H21FN4. The second-order valence-corrected chi connectivity index (χ2v) is 6.73. The van der Waals surface area contributed by atoms with E-state index in [4.69, 9.17) is 4.98 Å². The van der Waals surface area contributed by atoms with Crippen molar-refractivity contribution in [2.45, 2.75) is 32.9 Å². The molecule has 0 saturated carbocycles. The van der Waals surface area contributed by atoms with Crippen LogP contribution in [0, 0.1) is 12.7 Å². The lowest BCUT2D eigenvalue weighted by atomic mass is 10.1. The Balaban J connectivity index is 1.59. The van der Waals surface area contributed by atoms with Crippen molar-refractivity contribution in [1.29, 1.82) is 0 Å². The lowest BCUT2D eigenvalue weighted by Gasteiger charge is -2.23. The van der Waals surface area contributed by atoms with Crippen molar-refractivity contribution in [3.05, 3.63) is 77.2 Å². The van der Waals surface area contributed by atoms with Gasteiger partial charge in [0.1, 0.15) is 11.6 Å². The minimum Gasteiger partial charge on any atom is -0.366 e. The van der Waals surface area contributed by atoms with E-state index in [0.29, 0.717) is 18.5 Å². The molecule has 0 saturated heterocycles. The van der Waals surface area contributed by atoms with E-state index in [1.165, 1.54) is 23.4 Å². The van der Waals surface area contributed by atoms with Gasteiger partial charge in [0.05, 0.1) is 0 Å². The molecule has 2 heterocycles. The number of aryl methyl sites for hydroxylation is 1. The van der Waals surface area contributed by atoms with Gasteiger partial charge in [-0.25, -0.2) is 9.37 Å². The van der Waals surface area contributed by atoms with Crippen molar-refractivity contribution in [3.63, 3.8) is 0 Å². The first kappa shape index (κ1) is 16.5. The molecule has 2 aromatic carbocycles. The number of halogens is 1. The number of rotatable bonds is 4. The van der Waals surface area contributed by atoms with Gasteiger partial charge in [-0.05, 0) is 49.6 Å². The van der Waals surface area contributed by atoms with Crippen LogP contribution in [0.15, 0.2) is 54.6 Å². The molecule has 1 atom stereocenters. The molecular weight excluding hydrogens is 327 g/mol. The molecule has 26 heavy (non-hydrogen) atoms. The zero-order valence-corrected chi connectivity index (χ0v) is 14.9. The zero-order valence-electron chi connectivity index (χ0n) is 14.9. The largest absolute Gasteiger partial charge is 0.366 e. The average molecular weight is 348 g/mol. The Labute approximate surface area is 152 Å². The van der Waals surface area contributed by atoms with Crippen molar-refractivity contribution in [1.82, 2.24) is 9.97 Å². The minimum absolute atomic E-state index is 0.226. The third-order valence-corrected chi connectivity index (χ3v) is 4.65. The predicted octanol–water partition coefficient (Wildman–Crippen LogP) is 4.62. The van der Waals surface area contributed by atoms with E-state index < -0.39 is 0 Å². The molecule has 1 N–H and O–H groups in total. The summed E-state index contributed by atoms with van der Waals surface area (Å²) in [6.07, 6.45) is 0.992. The lowest BCUT2D eigenvalue weighted by molar-refractivity contribution is 0.627. The first-order valence-corrected chi connectivity index (χ1v) is 8.81. The molecule has 132 valence electrons. The molecule has 0 radical (unpaired) electrons. The molecule has 1 unspecified atom stereocenters. The summed E-state index contributed by atoms with van der Waals surface area (Å²) in [6.45, 7) is 4.75. The number of anilines is 3. The normalized spacial score (nSPS) is 15.8. The van der Waals surface area contributed by atoms with Gasteiger partial charge in [0, 0.05) is 30.0 Å². The Hall–Kier alpha value is -2.95. The van der Waals surface area contributed by atoms with E-state index in [1.54, 1.807) is 12.1 Å². The standard InChI is InChI=1S/C21H21FN4/c1-14-11-20(23-13-16-7-9-18(22)10-8-16)25-21(24-14)26-15(2)12-17-5-3-4-6-19(17)26/h3-11,15H,12-13H2,1-2H3,(H,23,24,25). The van der Waals surface area contributed by atoms with E-state index in [9.17, 15) is 4.39 Å². The maximum atomic E-state index is 13.0. The molecule has 1 aliphatic heterocycles. The molecule has 0 fully saturated rings. The van der Waals surface area contributed by atoms with E-state index in [-0.39, 0.29) is 5.82 Å². The van der Waals surface area contributed by atoms with Crippen LogP contribution >= 0.6 is 0 Å². The van der Waals surface area contributed by atoms with Gasteiger partial charge in [-0.3, -0.25) is 0 Å². The average Bonchev–Trinajstić information content (AvgIpc) is 2.96. The topological polar surface area (TPSA) is 41.1 Å². The van der Waals surface area contributed by atoms with E-state index in [0.717, 1.165) is 23.5 Å². The Bertz CT molecular complexity index is 924. The summed E-state index contributed by atoms with van der Waals surface area (Å²) in [5.74, 6) is 1.26. The number of para-hydroxylation sites is 1. The highest BCUT2D eigenvalue weighted by atomic mass is 19.1. The molecule has 0 aliphatic carbocycles. The molecule has 0 bridgehead atoms. The first-order chi connectivity index (χ1) is 12.6. The number of fused-ring (bicyclic) bond motifs is 1. The Morgan fingerprint density at radius 2 is 1.88 bits per heavy atom.